The molecule has 0 spiro atoms. The average molecular weight is 475 g/mol. The Morgan fingerprint density at radius 1 is 1.00 bits per heavy atom. The third-order valence-corrected chi connectivity index (χ3v) is 7.60. The van der Waals surface area contributed by atoms with E-state index in [-0.39, 0.29) is 16.4 Å². The van der Waals surface area contributed by atoms with Crippen LogP contribution in [0.3, 0.4) is 0 Å². The van der Waals surface area contributed by atoms with Crippen molar-refractivity contribution in [2.24, 2.45) is 0 Å². The van der Waals surface area contributed by atoms with Crippen molar-refractivity contribution in [3.63, 3.8) is 0 Å². The quantitative estimate of drug-likeness (QED) is 0.611. The van der Waals surface area contributed by atoms with Crippen LogP contribution in [-0.2, 0) is 10.0 Å². The fourth-order valence-corrected chi connectivity index (χ4v) is 5.56. The molecule has 7 nitrogen and oxygen atoms in total. The Morgan fingerprint density at radius 3 is 2.21 bits per heavy atom. The molecule has 1 aliphatic rings. The fraction of sp³-hybridized carbons (Fsp3) is 0.480. The van der Waals surface area contributed by atoms with E-state index in [1.165, 1.54) is 19.2 Å². The largest absolute Gasteiger partial charge is 0.496 e. The molecular formula is C25H34N2O5S. The molecule has 2 aromatic carbocycles. The second-order valence-corrected chi connectivity index (χ2v) is 10.1. The molecule has 1 amide bonds. The number of nitrogens with zero attached hydrogens (tertiary/aromatic N) is 1. The SMILES string of the molecule is CC[C@H](NS(=O)(=O)c1ccc(OC)c(C(=O)N2CCCCCC2)c1)c1ccc(OC)c(C)c1. The van der Waals surface area contributed by atoms with E-state index in [4.69, 9.17) is 9.47 Å². The molecule has 3 rings (SSSR count). The summed E-state index contributed by atoms with van der Waals surface area (Å²) < 4.78 is 40.1. The number of likely N-dealkylation sites (tertiary alicyclic amines) is 1. The molecule has 0 bridgehead atoms. The van der Waals surface area contributed by atoms with Gasteiger partial charge < -0.3 is 14.4 Å². The van der Waals surface area contributed by atoms with Crippen LogP contribution in [0.5, 0.6) is 11.5 Å². The first-order valence-electron chi connectivity index (χ1n) is 11.4. The van der Waals surface area contributed by atoms with Crippen molar-refractivity contribution in [1.29, 1.82) is 0 Å². The molecule has 0 aromatic heterocycles. The summed E-state index contributed by atoms with van der Waals surface area (Å²) in [5.41, 5.74) is 2.06. The van der Waals surface area contributed by atoms with Crippen LogP contribution in [-0.4, -0.2) is 46.5 Å². The highest BCUT2D eigenvalue weighted by Gasteiger charge is 2.26. The van der Waals surface area contributed by atoms with Gasteiger partial charge in [-0.15, -0.1) is 0 Å². The van der Waals surface area contributed by atoms with Crippen LogP contribution in [0, 0.1) is 6.92 Å². The van der Waals surface area contributed by atoms with Crippen LogP contribution in [0.25, 0.3) is 0 Å². The van der Waals surface area contributed by atoms with E-state index >= 15 is 0 Å². The minimum Gasteiger partial charge on any atom is -0.496 e. The molecule has 1 N–H and O–H groups in total. The third kappa shape index (κ3) is 5.86. The van der Waals surface area contributed by atoms with Crippen molar-refractivity contribution in [1.82, 2.24) is 9.62 Å². The minimum atomic E-state index is -3.87. The van der Waals surface area contributed by atoms with E-state index in [2.05, 4.69) is 4.72 Å². The summed E-state index contributed by atoms with van der Waals surface area (Å²) in [6.07, 6.45) is 4.67. The summed E-state index contributed by atoms with van der Waals surface area (Å²) in [5.74, 6) is 0.938. The molecule has 180 valence electrons. The number of methoxy groups -OCH3 is 2. The molecule has 0 unspecified atom stereocenters. The van der Waals surface area contributed by atoms with E-state index in [1.54, 1.807) is 18.1 Å². The molecule has 8 heteroatoms. The van der Waals surface area contributed by atoms with Crippen molar-refractivity contribution >= 4 is 15.9 Å². The smallest absolute Gasteiger partial charge is 0.257 e. The van der Waals surface area contributed by atoms with E-state index in [0.29, 0.717) is 25.3 Å². The predicted molar refractivity (Wildman–Crippen MR) is 128 cm³/mol. The summed E-state index contributed by atoms with van der Waals surface area (Å²) in [6, 6.07) is 9.69. The van der Waals surface area contributed by atoms with E-state index in [1.807, 2.05) is 32.0 Å². The Labute approximate surface area is 197 Å². The van der Waals surface area contributed by atoms with Crippen LogP contribution in [0.4, 0.5) is 0 Å². The number of benzene rings is 2. The number of hydrogen-bond acceptors (Lipinski definition) is 5. The van der Waals surface area contributed by atoms with Crippen LogP contribution in [0.1, 0.15) is 66.6 Å². The van der Waals surface area contributed by atoms with Gasteiger partial charge in [-0.25, -0.2) is 13.1 Å². The summed E-state index contributed by atoms with van der Waals surface area (Å²) in [5, 5.41) is 0. The van der Waals surface area contributed by atoms with Crippen LogP contribution < -0.4 is 14.2 Å². The lowest BCUT2D eigenvalue weighted by atomic mass is 10.0. The van der Waals surface area contributed by atoms with E-state index in [0.717, 1.165) is 42.6 Å². The number of nitrogens with one attached hydrogen (secondary N) is 1. The maximum absolute atomic E-state index is 13.3. The monoisotopic (exact) mass is 474 g/mol. The van der Waals surface area contributed by atoms with Gasteiger partial charge in [-0.3, -0.25) is 4.79 Å². The van der Waals surface area contributed by atoms with Crippen molar-refractivity contribution in [3.8, 4) is 11.5 Å². The number of rotatable bonds is 8. The normalized spacial score (nSPS) is 15.6. The highest BCUT2D eigenvalue weighted by molar-refractivity contribution is 7.89. The molecule has 2 aromatic rings. The highest BCUT2D eigenvalue weighted by atomic mass is 32.2. The molecule has 1 fully saturated rings. The average Bonchev–Trinajstić information content (AvgIpc) is 3.11. The number of hydrogen-bond donors (Lipinski definition) is 1. The summed E-state index contributed by atoms with van der Waals surface area (Å²) in [7, 11) is -0.781. The first-order chi connectivity index (χ1) is 15.8. The highest BCUT2D eigenvalue weighted by Crippen LogP contribution is 2.28. The molecule has 0 radical (unpaired) electrons. The van der Waals surface area contributed by atoms with Gasteiger partial charge in [0, 0.05) is 19.1 Å². The zero-order chi connectivity index (χ0) is 24.0. The topological polar surface area (TPSA) is 84.9 Å². The van der Waals surface area contributed by atoms with Crippen molar-refractivity contribution in [2.45, 2.75) is 56.9 Å². The predicted octanol–water partition coefficient (Wildman–Crippen LogP) is 4.46. The standard InChI is InChI=1S/C25H34N2O5S/c1-5-22(19-10-12-23(31-3)18(2)16-19)26-33(29,30)20-11-13-24(32-4)21(17-20)25(28)27-14-8-6-7-9-15-27/h10-13,16-17,22,26H,5-9,14-15H2,1-4H3/t22-/m0/s1. The lowest BCUT2D eigenvalue weighted by molar-refractivity contribution is 0.0758. The van der Waals surface area contributed by atoms with Gasteiger partial charge in [-0.2, -0.15) is 0 Å². The fourth-order valence-electron chi connectivity index (χ4n) is 4.23. The summed E-state index contributed by atoms with van der Waals surface area (Å²) >= 11 is 0. The van der Waals surface area contributed by atoms with Gasteiger partial charge in [-0.1, -0.05) is 31.9 Å². The molecule has 0 saturated carbocycles. The Hall–Kier alpha value is -2.58. The van der Waals surface area contributed by atoms with Gasteiger partial charge in [-0.05, 0) is 61.6 Å². The molecule has 1 atom stereocenters. The Bertz CT molecular complexity index is 1080. The van der Waals surface area contributed by atoms with Crippen molar-refractivity contribution in [2.75, 3.05) is 27.3 Å². The van der Waals surface area contributed by atoms with E-state index in [9.17, 15) is 13.2 Å². The van der Waals surface area contributed by atoms with Crippen molar-refractivity contribution in [3.05, 3.63) is 53.1 Å². The van der Waals surface area contributed by atoms with Gasteiger partial charge in [0.15, 0.2) is 0 Å². The van der Waals surface area contributed by atoms with E-state index < -0.39 is 16.1 Å². The maximum Gasteiger partial charge on any atom is 0.257 e. The molecule has 1 heterocycles. The van der Waals surface area contributed by atoms with Gasteiger partial charge in [0.2, 0.25) is 10.0 Å². The Kier molecular flexibility index (Phi) is 8.37. The summed E-state index contributed by atoms with van der Waals surface area (Å²) in [4.78, 5) is 15.1. The van der Waals surface area contributed by atoms with Gasteiger partial charge in [0.05, 0.1) is 24.7 Å². The first kappa shape index (κ1) is 25.1. The van der Waals surface area contributed by atoms with Crippen LogP contribution in [0.15, 0.2) is 41.3 Å². The number of sulfonamides is 1. The first-order valence-corrected chi connectivity index (χ1v) is 12.9. The zero-order valence-corrected chi connectivity index (χ0v) is 20.7. The number of aryl methyl sites for hydroxylation is 1. The second-order valence-electron chi connectivity index (χ2n) is 8.38. The molecular weight excluding hydrogens is 440 g/mol. The second kappa shape index (κ2) is 11.0. The zero-order valence-electron chi connectivity index (χ0n) is 19.9. The van der Waals surface area contributed by atoms with Crippen molar-refractivity contribution < 1.29 is 22.7 Å². The van der Waals surface area contributed by atoms with Crippen LogP contribution in [0.2, 0.25) is 0 Å². The summed E-state index contributed by atoms with van der Waals surface area (Å²) in [6.45, 7) is 5.20. The van der Waals surface area contributed by atoms with Gasteiger partial charge in [0.25, 0.3) is 5.91 Å². The number of carbonyl (C=O) groups excluding carboxylic acids is 1. The molecule has 33 heavy (non-hydrogen) atoms. The van der Waals surface area contributed by atoms with Gasteiger partial charge >= 0.3 is 0 Å². The lowest BCUT2D eigenvalue weighted by Crippen LogP contribution is -2.32. The number of ether oxygens (including phenoxy) is 2. The number of carbonyl (C=O) groups is 1. The van der Waals surface area contributed by atoms with Gasteiger partial charge in [0.1, 0.15) is 11.5 Å². The molecule has 0 aliphatic carbocycles. The maximum atomic E-state index is 13.3. The minimum absolute atomic E-state index is 0.0464. The van der Waals surface area contributed by atoms with Crippen LogP contribution >= 0.6 is 0 Å². The Balaban J connectivity index is 1.89. The lowest BCUT2D eigenvalue weighted by Gasteiger charge is -2.22. The molecule has 1 saturated heterocycles. The third-order valence-electron chi connectivity index (χ3n) is 6.13. The molecule has 1 aliphatic heterocycles. The number of amides is 1. The Morgan fingerprint density at radius 2 is 1.64 bits per heavy atom.